The average Bonchev–Trinajstić information content (AvgIpc) is 3.41. The Morgan fingerprint density at radius 3 is 2.67 bits per heavy atom. The third-order valence-corrected chi connectivity index (χ3v) is 8.85. The summed E-state index contributed by atoms with van der Waals surface area (Å²) < 4.78 is 38.8. The second-order valence-electron chi connectivity index (χ2n) is 7.34. The first kappa shape index (κ1) is 19.3. The molecule has 1 amide bonds. The molecule has 2 unspecified atom stereocenters. The molecule has 150 valence electrons. The van der Waals surface area contributed by atoms with Gasteiger partial charge in [0.2, 0.25) is 5.91 Å². The molecule has 0 radical (unpaired) electrons. The maximum absolute atomic E-state index is 13.3. The van der Waals surface area contributed by atoms with Crippen LogP contribution in [0, 0.1) is 5.92 Å². The summed E-state index contributed by atoms with van der Waals surface area (Å²) in [5, 5.41) is 1.76. The molecule has 0 saturated carbocycles. The largest absolute Gasteiger partial charge is 0.348 e. The summed E-state index contributed by atoms with van der Waals surface area (Å²) >= 11 is 1.22. The lowest BCUT2D eigenvalue weighted by Gasteiger charge is -2.41. The predicted octanol–water partition coefficient (Wildman–Crippen LogP) is 1.90. The van der Waals surface area contributed by atoms with Gasteiger partial charge in [0, 0.05) is 19.6 Å². The third kappa shape index (κ3) is 3.93. The first-order valence-corrected chi connectivity index (χ1v) is 12.0. The Labute approximate surface area is 164 Å². The van der Waals surface area contributed by atoms with Gasteiger partial charge in [-0.25, -0.2) is 8.42 Å². The van der Waals surface area contributed by atoms with E-state index >= 15 is 0 Å². The van der Waals surface area contributed by atoms with E-state index in [0.29, 0.717) is 36.9 Å². The molecule has 3 saturated heterocycles. The summed E-state index contributed by atoms with van der Waals surface area (Å²) in [5.74, 6) is -0.250. The number of hydrogen-bond donors (Lipinski definition) is 0. The van der Waals surface area contributed by atoms with Crippen molar-refractivity contribution in [3.8, 4) is 0 Å². The van der Waals surface area contributed by atoms with Gasteiger partial charge in [0.1, 0.15) is 4.21 Å². The fourth-order valence-electron chi connectivity index (χ4n) is 4.25. The third-order valence-electron chi connectivity index (χ3n) is 5.62. The van der Waals surface area contributed by atoms with Gasteiger partial charge in [-0.15, -0.1) is 11.3 Å². The molecule has 2 atom stereocenters. The molecule has 0 bridgehead atoms. The Morgan fingerprint density at radius 1 is 1.11 bits per heavy atom. The van der Waals surface area contributed by atoms with Crippen molar-refractivity contribution in [2.24, 2.45) is 5.92 Å². The number of ether oxygens (including phenoxy) is 2. The molecular formula is C18H26N2O5S2. The van der Waals surface area contributed by atoms with Crippen molar-refractivity contribution >= 4 is 27.3 Å². The molecule has 3 aliphatic rings. The molecule has 0 aliphatic carbocycles. The number of sulfonamides is 1. The average molecular weight is 415 g/mol. The van der Waals surface area contributed by atoms with Gasteiger partial charge in [-0.3, -0.25) is 4.79 Å². The minimum absolute atomic E-state index is 0.0462. The van der Waals surface area contributed by atoms with Crippen molar-refractivity contribution in [1.29, 1.82) is 0 Å². The van der Waals surface area contributed by atoms with E-state index in [0.717, 1.165) is 25.7 Å². The van der Waals surface area contributed by atoms with Crippen LogP contribution in [0.5, 0.6) is 0 Å². The van der Waals surface area contributed by atoms with E-state index < -0.39 is 10.0 Å². The number of carbonyl (C=O) groups is 1. The topological polar surface area (TPSA) is 76.2 Å². The first-order valence-electron chi connectivity index (χ1n) is 9.65. The van der Waals surface area contributed by atoms with Gasteiger partial charge >= 0.3 is 0 Å². The molecule has 0 aromatic carbocycles. The van der Waals surface area contributed by atoms with Crippen LogP contribution in [0.15, 0.2) is 21.7 Å². The zero-order valence-corrected chi connectivity index (χ0v) is 16.9. The van der Waals surface area contributed by atoms with Crippen LogP contribution in [0.25, 0.3) is 0 Å². The molecule has 1 aromatic rings. The van der Waals surface area contributed by atoms with E-state index in [9.17, 15) is 13.2 Å². The van der Waals surface area contributed by atoms with Gasteiger partial charge in [0.05, 0.1) is 25.2 Å². The van der Waals surface area contributed by atoms with Gasteiger partial charge < -0.3 is 14.4 Å². The Morgan fingerprint density at radius 2 is 1.93 bits per heavy atom. The number of rotatable bonds is 4. The number of amides is 1. The first-order chi connectivity index (χ1) is 13.1. The van der Waals surface area contributed by atoms with E-state index in [1.165, 1.54) is 15.6 Å². The van der Waals surface area contributed by atoms with Crippen LogP contribution in [-0.2, 0) is 24.3 Å². The Balaban J connectivity index is 1.48. The van der Waals surface area contributed by atoms with Crippen LogP contribution in [0.3, 0.4) is 0 Å². The summed E-state index contributed by atoms with van der Waals surface area (Å²) in [6.45, 7) is 2.57. The van der Waals surface area contributed by atoms with Crippen molar-refractivity contribution in [2.75, 3.05) is 32.8 Å². The predicted molar refractivity (Wildman–Crippen MR) is 101 cm³/mol. The standard InChI is InChI=1S/C18H26N2O5S2/c21-17(20-9-2-1-6-15(20)18-24-10-11-25-18)14-5-3-8-19(13-14)27(22,23)16-7-4-12-26-16/h4,7,12,14-15,18H,1-3,5-6,8-11,13H2. The van der Waals surface area contributed by atoms with Crippen LogP contribution in [0.1, 0.15) is 32.1 Å². The molecule has 4 heterocycles. The number of piperidine rings is 2. The summed E-state index contributed by atoms with van der Waals surface area (Å²) in [6.07, 6.45) is 3.99. The summed E-state index contributed by atoms with van der Waals surface area (Å²) in [5.41, 5.74) is 0. The molecule has 0 spiro atoms. The van der Waals surface area contributed by atoms with E-state index in [1.807, 2.05) is 4.90 Å². The molecule has 9 heteroatoms. The van der Waals surface area contributed by atoms with Gasteiger partial charge in [0.25, 0.3) is 10.0 Å². The highest BCUT2D eigenvalue weighted by Gasteiger charge is 2.41. The summed E-state index contributed by atoms with van der Waals surface area (Å²) in [4.78, 5) is 15.2. The van der Waals surface area contributed by atoms with Gasteiger partial charge in [-0.2, -0.15) is 4.31 Å². The van der Waals surface area contributed by atoms with Crippen molar-refractivity contribution in [3.05, 3.63) is 17.5 Å². The van der Waals surface area contributed by atoms with Crippen LogP contribution in [-0.4, -0.2) is 68.7 Å². The van der Waals surface area contributed by atoms with Crippen molar-refractivity contribution < 1.29 is 22.7 Å². The maximum Gasteiger partial charge on any atom is 0.252 e. The Kier molecular flexibility index (Phi) is 5.84. The van der Waals surface area contributed by atoms with E-state index in [1.54, 1.807) is 17.5 Å². The fourth-order valence-corrected chi connectivity index (χ4v) is 6.92. The minimum Gasteiger partial charge on any atom is -0.348 e. The van der Waals surface area contributed by atoms with Gasteiger partial charge in [-0.05, 0) is 43.6 Å². The lowest BCUT2D eigenvalue weighted by Crippen LogP contribution is -2.54. The summed E-state index contributed by atoms with van der Waals surface area (Å²) in [6, 6.07) is 3.31. The minimum atomic E-state index is -3.51. The maximum atomic E-state index is 13.3. The zero-order valence-electron chi connectivity index (χ0n) is 15.3. The van der Waals surface area contributed by atoms with Crippen molar-refractivity contribution in [3.63, 3.8) is 0 Å². The zero-order chi connectivity index (χ0) is 18.9. The van der Waals surface area contributed by atoms with Gasteiger partial charge in [0.15, 0.2) is 6.29 Å². The highest BCUT2D eigenvalue weighted by molar-refractivity contribution is 7.91. The number of hydrogen-bond acceptors (Lipinski definition) is 6. The number of nitrogens with zero attached hydrogens (tertiary/aromatic N) is 2. The molecule has 1 aromatic heterocycles. The van der Waals surface area contributed by atoms with Crippen LogP contribution in [0.4, 0.5) is 0 Å². The second-order valence-corrected chi connectivity index (χ2v) is 10.5. The summed E-state index contributed by atoms with van der Waals surface area (Å²) in [7, 11) is -3.51. The molecule has 0 N–H and O–H groups in total. The van der Waals surface area contributed by atoms with Crippen LogP contribution in [0.2, 0.25) is 0 Å². The Hall–Kier alpha value is -1.00. The molecule has 3 fully saturated rings. The van der Waals surface area contributed by atoms with Crippen molar-refractivity contribution in [1.82, 2.24) is 9.21 Å². The highest BCUT2D eigenvalue weighted by Crippen LogP contribution is 2.30. The Bertz CT molecular complexity index is 746. The highest BCUT2D eigenvalue weighted by atomic mass is 32.2. The molecule has 7 nitrogen and oxygen atoms in total. The van der Waals surface area contributed by atoms with E-state index in [4.69, 9.17) is 9.47 Å². The molecule has 3 aliphatic heterocycles. The smallest absolute Gasteiger partial charge is 0.252 e. The molecule has 27 heavy (non-hydrogen) atoms. The van der Waals surface area contributed by atoms with Crippen molar-refractivity contribution in [2.45, 2.75) is 48.6 Å². The number of carbonyl (C=O) groups excluding carboxylic acids is 1. The quantitative estimate of drug-likeness (QED) is 0.752. The monoisotopic (exact) mass is 414 g/mol. The second kappa shape index (κ2) is 8.16. The molecule has 4 rings (SSSR count). The number of likely N-dealkylation sites (tertiary alicyclic amines) is 1. The van der Waals surface area contributed by atoms with E-state index in [-0.39, 0.29) is 30.7 Å². The van der Waals surface area contributed by atoms with Gasteiger partial charge in [-0.1, -0.05) is 6.07 Å². The van der Waals surface area contributed by atoms with Crippen LogP contribution >= 0.6 is 11.3 Å². The number of thiophene rings is 1. The SMILES string of the molecule is O=C(C1CCCN(S(=O)(=O)c2cccs2)C1)N1CCCCC1C1OCCO1. The lowest BCUT2D eigenvalue weighted by molar-refractivity contribution is -0.155. The van der Waals surface area contributed by atoms with E-state index in [2.05, 4.69) is 0 Å². The molecular weight excluding hydrogens is 388 g/mol. The lowest BCUT2D eigenvalue weighted by atomic mass is 9.94. The fraction of sp³-hybridized carbons (Fsp3) is 0.722. The van der Waals surface area contributed by atoms with Crippen LogP contribution < -0.4 is 0 Å². The normalized spacial score (nSPS) is 28.5.